The number of hydrogen-bond acceptors (Lipinski definition) is 4. The van der Waals surface area contributed by atoms with Crippen LogP contribution in [0.1, 0.15) is 109 Å². The Morgan fingerprint density at radius 2 is 1.93 bits per heavy atom. The Morgan fingerprint density at radius 1 is 1.12 bits per heavy atom. The van der Waals surface area contributed by atoms with E-state index in [4.69, 9.17) is 4.74 Å². The first-order valence-corrected chi connectivity index (χ1v) is 15.7. The summed E-state index contributed by atoms with van der Waals surface area (Å²) < 4.78 is 44.8. The van der Waals surface area contributed by atoms with E-state index >= 15 is 0 Å². The highest BCUT2D eigenvalue weighted by Crippen LogP contribution is 2.66. The number of aliphatic hydroxyl groups is 1. The Balaban J connectivity index is 1.23. The van der Waals surface area contributed by atoms with Gasteiger partial charge < -0.3 is 15.2 Å². The number of rotatable bonds is 9. The van der Waals surface area contributed by atoms with Crippen molar-refractivity contribution in [2.75, 3.05) is 6.61 Å². The van der Waals surface area contributed by atoms with Crippen LogP contribution in [0, 0.1) is 34.5 Å². The lowest BCUT2D eigenvalue weighted by Gasteiger charge is -2.60. The second kappa shape index (κ2) is 11.6. The summed E-state index contributed by atoms with van der Waals surface area (Å²) in [6.45, 7) is 6.53. The first kappa shape index (κ1) is 29.9. The van der Waals surface area contributed by atoms with E-state index in [0.717, 1.165) is 69.1 Å². The molecule has 1 aromatic carbocycles. The number of halogens is 3. The SMILES string of the molecule is CCC(NC(C)CC(F)(F)F)c1cccc(OCC[C@]23CCC4C(CCC5CC(=O)CC[C@@]54C)C2CC[C@@H]3O)c1. The van der Waals surface area contributed by atoms with Crippen LogP contribution < -0.4 is 10.1 Å². The molecule has 0 amide bonds. The maximum atomic E-state index is 12.8. The zero-order valence-electron chi connectivity index (χ0n) is 24.4. The van der Waals surface area contributed by atoms with E-state index in [1.165, 1.54) is 6.42 Å². The molecule has 0 radical (unpaired) electrons. The highest BCUT2D eigenvalue weighted by molar-refractivity contribution is 5.79. The van der Waals surface area contributed by atoms with Crippen molar-refractivity contribution in [2.45, 2.75) is 122 Å². The Bertz CT molecular complexity index is 1050. The number of fused-ring (bicyclic) bond motifs is 5. The van der Waals surface area contributed by atoms with Crippen LogP contribution in [0.4, 0.5) is 13.2 Å². The molecule has 4 aliphatic rings. The smallest absolute Gasteiger partial charge is 0.390 e. The molecule has 4 fully saturated rings. The summed E-state index contributed by atoms with van der Waals surface area (Å²) in [6, 6.07) is 6.87. The Morgan fingerprint density at radius 3 is 2.67 bits per heavy atom. The van der Waals surface area contributed by atoms with Crippen molar-refractivity contribution in [3.05, 3.63) is 29.8 Å². The van der Waals surface area contributed by atoms with Crippen molar-refractivity contribution < 1.29 is 27.8 Å². The fourth-order valence-corrected chi connectivity index (χ4v) is 9.68. The van der Waals surface area contributed by atoms with E-state index in [9.17, 15) is 23.1 Å². The number of alkyl halides is 3. The molecule has 0 aromatic heterocycles. The lowest BCUT2D eigenvalue weighted by Crippen LogP contribution is -2.55. The lowest BCUT2D eigenvalue weighted by molar-refractivity contribution is -0.145. The predicted octanol–water partition coefficient (Wildman–Crippen LogP) is 7.79. The van der Waals surface area contributed by atoms with Crippen molar-refractivity contribution in [1.29, 1.82) is 0 Å². The molecule has 224 valence electrons. The molecule has 0 spiro atoms. The van der Waals surface area contributed by atoms with Crippen LogP contribution >= 0.6 is 0 Å². The molecule has 40 heavy (non-hydrogen) atoms. The molecule has 0 saturated heterocycles. The summed E-state index contributed by atoms with van der Waals surface area (Å²) in [4.78, 5) is 12.2. The minimum atomic E-state index is -4.19. The highest BCUT2D eigenvalue weighted by atomic mass is 19.4. The maximum Gasteiger partial charge on any atom is 0.390 e. The van der Waals surface area contributed by atoms with Crippen LogP contribution in [0.3, 0.4) is 0 Å². The van der Waals surface area contributed by atoms with Gasteiger partial charge in [0.15, 0.2) is 0 Å². The summed E-state index contributed by atoms with van der Waals surface area (Å²) in [5, 5.41) is 14.5. The molecule has 4 saturated carbocycles. The third-order valence-electron chi connectivity index (χ3n) is 11.7. The topological polar surface area (TPSA) is 58.6 Å². The number of ether oxygens (including phenoxy) is 1. The maximum absolute atomic E-state index is 12.8. The quantitative estimate of drug-likeness (QED) is 0.322. The molecule has 7 heteroatoms. The largest absolute Gasteiger partial charge is 0.494 e. The molecular weight excluding hydrogens is 515 g/mol. The Hall–Kier alpha value is -1.60. The van der Waals surface area contributed by atoms with Gasteiger partial charge in [0.1, 0.15) is 11.5 Å². The Kier molecular flexibility index (Phi) is 8.65. The molecule has 0 heterocycles. The van der Waals surface area contributed by atoms with Crippen molar-refractivity contribution in [2.24, 2.45) is 34.5 Å². The van der Waals surface area contributed by atoms with Crippen LogP contribution in [-0.4, -0.2) is 35.8 Å². The number of carbonyl (C=O) groups is 1. The average molecular weight is 564 g/mol. The monoisotopic (exact) mass is 563 g/mol. The van der Waals surface area contributed by atoms with Crippen LogP contribution in [0.5, 0.6) is 5.75 Å². The van der Waals surface area contributed by atoms with Gasteiger partial charge >= 0.3 is 6.18 Å². The van der Waals surface area contributed by atoms with Crippen molar-refractivity contribution in [3.63, 3.8) is 0 Å². The van der Waals surface area contributed by atoms with E-state index in [-0.39, 0.29) is 23.0 Å². The van der Waals surface area contributed by atoms with Gasteiger partial charge in [0.05, 0.1) is 19.1 Å². The van der Waals surface area contributed by atoms with Crippen LogP contribution in [-0.2, 0) is 4.79 Å². The van der Waals surface area contributed by atoms with Gasteiger partial charge in [-0.05, 0) is 111 Å². The zero-order valence-corrected chi connectivity index (χ0v) is 24.4. The zero-order chi connectivity index (χ0) is 28.7. The van der Waals surface area contributed by atoms with E-state index < -0.39 is 18.6 Å². The van der Waals surface area contributed by atoms with Gasteiger partial charge in [-0.25, -0.2) is 0 Å². The summed E-state index contributed by atoms with van der Waals surface area (Å²) in [7, 11) is 0. The summed E-state index contributed by atoms with van der Waals surface area (Å²) in [6.07, 6.45) is 5.11. The number of benzene rings is 1. The molecular formula is C33H48F3NO3. The number of nitrogens with one attached hydrogen (secondary N) is 1. The highest BCUT2D eigenvalue weighted by Gasteiger charge is 2.61. The van der Waals surface area contributed by atoms with Crippen LogP contribution in [0.25, 0.3) is 0 Å². The molecule has 6 unspecified atom stereocenters. The number of hydrogen-bond donors (Lipinski definition) is 2. The Labute approximate surface area is 237 Å². The number of Topliss-reactive ketones (excluding diaryl/α,β-unsaturated/α-hetero) is 1. The van der Waals surface area contributed by atoms with E-state index in [1.807, 2.05) is 31.2 Å². The molecule has 2 N–H and O–H groups in total. The van der Waals surface area contributed by atoms with Gasteiger partial charge in [-0.2, -0.15) is 13.2 Å². The number of aliphatic hydroxyl groups excluding tert-OH is 1. The van der Waals surface area contributed by atoms with Crippen LogP contribution in [0.2, 0.25) is 0 Å². The fraction of sp³-hybridized carbons (Fsp3) is 0.788. The van der Waals surface area contributed by atoms with Crippen LogP contribution in [0.15, 0.2) is 24.3 Å². The second-order valence-corrected chi connectivity index (χ2v) is 13.8. The van der Waals surface area contributed by atoms with E-state index in [2.05, 4.69) is 12.2 Å². The second-order valence-electron chi connectivity index (χ2n) is 13.8. The van der Waals surface area contributed by atoms with Gasteiger partial charge in [0.25, 0.3) is 0 Å². The number of ketones is 1. The van der Waals surface area contributed by atoms with Gasteiger partial charge in [-0.15, -0.1) is 0 Å². The minimum absolute atomic E-state index is 0.104. The van der Waals surface area contributed by atoms with Gasteiger partial charge in [-0.3, -0.25) is 4.79 Å². The minimum Gasteiger partial charge on any atom is -0.494 e. The molecule has 4 aliphatic carbocycles. The third kappa shape index (κ3) is 5.84. The molecule has 0 bridgehead atoms. The van der Waals surface area contributed by atoms with Crippen molar-refractivity contribution >= 4 is 5.78 Å². The summed E-state index contributed by atoms with van der Waals surface area (Å²) in [5.74, 6) is 3.49. The van der Waals surface area contributed by atoms with Gasteiger partial charge in [0, 0.05) is 30.3 Å². The van der Waals surface area contributed by atoms with Gasteiger partial charge in [-0.1, -0.05) is 26.0 Å². The number of carbonyl (C=O) groups excluding carboxylic acids is 1. The average Bonchev–Trinajstić information content (AvgIpc) is 3.23. The third-order valence-corrected chi connectivity index (χ3v) is 11.7. The van der Waals surface area contributed by atoms with Crippen molar-refractivity contribution in [1.82, 2.24) is 5.32 Å². The molecule has 9 atom stereocenters. The lowest BCUT2D eigenvalue weighted by atomic mass is 9.44. The molecule has 5 rings (SSSR count). The van der Waals surface area contributed by atoms with E-state index in [1.54, 1.807) is 6.92 Å². The molecule has 4 nitrogen and oxygen atoms in total. The van der Waals surface area contributed by atoms with Gasteiger partial charge in [0.2, 0.25) is 0 Å². The standard InChI is InChI=1S/C33H48F3NO3/c1-4-29(37-21(2)20-33(34,35)36)22-6-5-7-25(18-22)40-17-16-32-15-13-27-26(28(32)10-11-30(32)39)9-8-23-19-24(38)12-14-31(23,27)3/h5-7,18,21,23,26-30,37,39H,4,8-17,19-20H2,1-3H3/t21?,23?,26?,27?,28?,29?,30-,31-,32+/m0/s1. The molecule has 0 aliphatic heterocycles. The van der Waals surface area contributed by atoms with Crippen molar-refractivity contribution in [3.8, 4) is 5.75 Å². The first-order chi connectivity index (χ1) is 18.9. The first-order valence-electron chi connectivity index (χ1n) is 15.7. The summed E-state index contributed by atoms with van der Waals surface area (Å²) in [5.41, 5.74) is 1.09. The van der Waals surface area contributed by atoms with E-state index in [0.29, 0.717) is 42.5 Å². The molecule has 1 aromatic rings. The fourth-order valence-electron chi connectivity index (χ4n) is 9.68. The normalized spacial score (nSPS) is 37.3. The predicted molar refractivity (Wildman–Crippen MR) is 150 cm³/mol. The summed E-state index contributed by atoms with van der Waals surface area (Å²) >= 11 is 0.